The molecule has 266 valence electrons. The Bertz CT molecular complexity index is 3300. The first kappa shape index (κ1) is 32.7. The van der Waals surface area contributed by atoms with Gasteiger partial charge < -0.3 is 4.42 Å². The van der Waals surface area contributed by atoms with Crippen molar-refractivity contribution in [1.82, 2.24) is 15.0 Å². The van der Waals surface area contributed by atoms with Gasteiger partial charge in [0, 0.05) is 27.5 Å². The summed E-state index contributed by atoms with van der Waals surface area (Å²) in [6.45, 7) is 0. The molecule has 0 aliphatic carbocycles. The van der Waals surface area contributed by atoms with Crippen LogP contribution in [0.4, 0.5) is 0 Å². The second-order valence-corrected chi connectivity index (χ2v) is 14.4. The van der Waals surface area contributed by atoms with Crippen LogP contribution in [0.1, 0.15) is 0 Å². The van der Waals surface area contributed by atoms with Gasteiger partial charge in [-0.05, 0) is 91.3 Å². The Kier molecular flexibility index (Phi) is 7.78. The molecule has 0 aliphatic rings. The van der Waals surface area contributed by atoms with Crippen LogP contribution in [0.25, 0.3) is 111 Å². The molecule has 4 nitrogen and oxygen atoms in total. The first-order chi connectivity index (χ1) is 28.2. The van der Waals surface area contributed by atoms with Gasteiger partial charge in [-0.3, -0.25) is 0 Å². The molecule has 0 atom stereocenters. The predicted octanol–water partition coefficient (Wildman–Crippen LogP) is 14.1. The standard InChI is InChI=1S/C53H33N3O/c1-3-19-43-35(11-1)13-9-22-45(43)37-27-25-34(26-28-37)38-15-7-17-40(31-38)51-54-52(41-18-8-16-39(32-41)46-23-10-14-36-12-2-4-20-44(36)46)56-53(55-51)42-29-30-50-48(33-42)47-21-5-6-24-49(47)57-50/h1-33H. The summed E-state index contributed by atoms with van der Waals surface area (Å²) in [4.78, 5) is 15.5. The molecule has 0 bridgehead atoms. The Morgan fingerprint density at radius 1 is 0.263 bits per heavy atom. The molecule has 0 radical (unpaired) electrons. The number of furan rings is 1. The third-order valence-corrected chi connectivity index (χ3v) is 10.9. The molecule has 11 aromatic rings. The van der Waals surface area contributed by atoms with Gasteiger partial charge in [-0.15, -0.1) is 0 Å². The number of nitrogens with zero attached hydrogens (tertiary/aromatic N) is 3. The third-order valence-electron chi connectivity index (χ3n) is 10.9. The highest BCUT2D eigenvalue weighted by atomic mass is 16.3. The quantitative estimate of drug-likeness (QED) is 0.171. The highest BCUT2D eigenvalue weighted by molar-refractivity contribution is 6.06. The third kappa shape index (κ3) is 5.92. The van der Waals surface area contributed by atoms with Crippen LogP contribution in [-0.4, -0.2) is 15.0 Å². The van der Waals surface area contributed by atoms with Gasteiger partial charge in [0.25, 0.3) is 0 Å². The van der Waals surface area contributed by atoms with Gasteiger partial charge in [-0.2, -0.15) is 0 Å². The molecule has 0 spiro atoms. The molecule has 0 saturated carbocycles. The highest BCUT2D eigenvalue weighted by Crippen LogP contribution is 2.36. The Morgan fingerprint density at radius 2 is 0.702 bits per heavy atom. The zero-order chi connectivity index (χ0) is 37.7. The SMILES string of the molecule is c1cc(-c2ccc(-c3cccc4ccccc34)cc2)cc(-c2nc(-c3cccc(-c4cccc5ccccc45)c3)nc(-c3ccc4oc5ccccc5c4c3)n2)c1. The molecule has 0 fully saturated rings. The van der Waals surface area contributed by atoms with Gasteiger partial charge in [-0.25, -0.2) is 15.0 Å². The van der Waals surface area contributed by atoms with E-state index in [4.69, 9.17) is 19.4 Å². The van der Waals surface area contributed by atoms with Gasteiger partial charge in [0.2, 0.25) is 0 Å². The summed E-state index contributed by atoms with van der Waals surface area (Å²) < 4.78 is 6.17. The normalized spacial score (nSPS) is 11.5. The van der Waals surface area contributed by atoms with Gasteiger partial charge in [-0.1, -0.05) is 164 Å². The van der Waals surface area contributed by atoms with Crippen molar-refractivity contribution in [2.24, 2.45) is 0 Å². The molecular weight excluding hydrogens is 695 g/mol. The molecule has 2 aromatic heterocycles. The molecule has 0 amide bonds. The first-order valence-corrected chi connectivity index (χ1v) is 19.2. The van der Waals surface area contributed by atoms with Crippen molar-refractivity contribution in [2.75, 3.05) is 0 Å². The van der Waals surface area contributed by atoms with Crippen LogP contribution >= 0.6 is 0 Å². The van der Waals surface area contributed by atoms with Crippen molar-refractivity contribution in [3.8, 4) is 67.5 Å². The minimum absolute atomic E-state index is 0.600. The average molecular weight is 728 g/mol. The number of hydrogen-bond acceptors (Lipinski definition) is 4. The number of rotatable bonds is 6. The number of benzene rings is 9. The molecule has 4 heteroatoms. The number of hydrogen-bond donors (Lipinski definition) is 0. The summed E-state index contributed by atoms with van der Waals surface area (Å²) in [7, 11) is 0. The van der Waals surface area contributed by atoms with E-state index in [0.717, 1.165) is 55.3 Å². The summed E-state index contributed by atoms with van der Waals surface area (Å²) in [6, 6.07) is 70.1. The van der Waals surface area contributed by atoms with E-state index in [1.165, 1.54) is 38.2 Å². The molecule has 0 saturated heterocycles. The lowest BCUT2D eigenvalue weighted by molar-refractivity contribution is 0.669. The fourth-order valence-corrected chi connectivity index (χ4v) is 8.09. The van der Waals surface area contributed by atoms with E-state index in [1.807, 2.05) is 30.3 Å². The molecule has 11 rings (SSSR count). The van der Waals surface area contributed by atoms with Gasteiger partial charge >= 0.3 is 0 Å². The summed E-state index contributed by atoms with van der Waals surface area (Å²) >= 11 is 0. The van der Waals surface area contributed by atoms with E-state index >= 15 is 0 Å². The Hall–Kier alpha value is -7.69. The molecule has 57 heavy (non-hydrogen) atoms. The molecule has 0 aliphatic heterocycles. The monoisotopic (exact) mass is 727 g/mol. The van der Waals surface area contributed by atoms with Crippen molar-refractivity contribution in [1.29, 1.82) is 0 Å². The van der Waals surface area contributed by atoms with Crippen molar-refractivity contribution >= 4 is 43.5 Å². The van der Waals surface area contributed by atoms with E-state index in [0.29, 0.717) is 17.5 Å². The number of para-hydroxylation sites is 1. The summed E-state index contributed by atoms with van der Waals surface area (Å²) in [5.74, 6) is 1.82. The summed E-state index contributed by atoms with van der Waals surface area (Å²) in [5.41, 5.74) is 11.3. The fourth-order valence-electron chi connectivity index (χ4n) is 8.09. The van der Waals surface area contributed by atoms with Crippen molar-refractivity contribution < 1.29 is 4.42 Å². The first-order valence-electron chi connectivity index (χ1n) is 19.2. The Balaban J connectivity index is 1.03. The smallest absolute Gasteiger partial charge is 0.164 e. The second kappa shape index (κ2) is 13.6. The van der Waals surface area contributed by atoms with Crippen LogP contribution in [0.3, 0.4) is 0 Å². The van der Waals surface area contributed by atoms with Gasteiger partial charge in [0.15, 0.2) is 17.5 Å². The van der Waals surface area contributed by atoms with E-state index in [-0.39, 0.29) is 0 Å². The van der Waals surface area contributed by atoms with Gasteiger partial charge in [0.1, 0.15) is 11.2 Å². The molecule has 0 unspecified atom stereocenters. The van der Waals surface area contributed by atoms with E-state index in [9.17, 15) is 0 Å². The van der Waals surface area contributed by atoms with E-state index < -0.39 is 0 Å². The maximum Gasteiger partial charge on any atom is 0.164 e. The van der Waals surface area contributed by atoms with Crippen LogP contribution in [0.15, 0.2) is 205 Å². The summed E-state index contributed by atoms with van der Waals surface area (Å²) in [5, 5.41) is 6.98. The Labute approximate surface area is 329 Å². The minimum atomic E-state index is 0.600. The molecule has 9 aromatic carbocycles. The van der Waals surface area contributed by atoms with E-state index in [2.05, 4.69) is 170 Å². The molecule has 2 heterocycles. The minimum Gasteiger partial charge on any atom is -0.456 e. The van der Waals surface area contributed by atoms with Crippen LogP contribution < -0.4 is 0 Å². The topological polar surface area (TPSA) is 51.8 Å². The molecular formula is C53H33N3O. The zero-order valence-electron chi connectivity index (χ0n) is 30.8. The van der Waals surface area contributed by atoms with Crippen molar-refractivity contribution in [3.63, 3.8) is 0 Å². The Morgan fingerprint density at radius 3 is 1.37 bits per heavy atom. The van der Waals surface area contributed by atoms with Crippen molar-refractivity contribution in [3.05, 3.63) is 200 Å². The zero-order valence-corrected chi connectivity index (χ0v) is 30.8. The van der Waals surface area contributed by atoms with Crippen LogP contribution in [0.5, 0.6) is 0 Å². The highest BCUT2D eigenvalue weighted by Gasteiger charge is 2.16. The van der Waals surface area contributed by atoms with Crippen molar-refractivity contribution in [2.45, 2.75) is 0 Å². The fraction of sp³-hybridized carbons (Fsp3) is 0. The van der Waals surface area contributed by atoms with Crippen LogP contribution in [0, 0.1) is 0 Å². The lowest BCUT2D eigenvalue weighted by atomic mass is 9.96. The maximum absolute atomic E-state index is 6.17. The average Bonchev–Trinajstić information content (AvgIpc) is 3.67. The molecule has 0 N–H and O–H groups in total. The predicted molar refractivity (Wildman–Crippen MR) is 235 cm³/mol. The largest absolute Gasteiger partial charge is 0.456 e. The number of fused-ring (bicyclic) bond motifs is 5. The van der Waals surface area contributed by atoms with Gasteiger partial charge in [0.05, 0.1) is 0 Å². The summed E-state index contributed by atoms with van der Waals surface area (Å²) in [6.07, 6.45) is 0. The number of aromatic nitrogens is 3. The maximum atomic E-state index is 6.17. The second-order valence-electron chi connectivity index (χ2n) is 14.4. The van der Waals surface area contributed by atoms with E-state index in [1.54, 1.807) is 0 Å². The van der Waals surface area contributed by atoms with Crippen LogP contribution in [-0.2, 0) is 0 Å². The van der Waals surface area contributed by atoms with Crippen LogP contribution in [0.2, 0.25) is 0 Å². The lowest BCUT2D eigenvalue weighted by Crippen LogP contribution is -2.00. The lowest BCUT2D eigenvalue weighted by Gasteiger charge is -2.12.